The van der Waals surface area contributed by atoms with Crippen molar-refractivity contribution in [1.29, 1.82) is 0 Å². The average molecular weight is 213 g/mol. The predicted molar refractivity (Wildman–Crippen MR) is 70.3 cm³/mol. The van der Waals surface area contributed by atoms with Gasteiger partial charge in [0.25, 0.3) is 0 Å². The zero-order chi connectivity index (χ0) is 11.5. The van der Waals surface area contributed by atoms with Crippen molar-refractivity contribution in [2.24, 2.45) is 5.92 Å². The molecular weight excluding hydrogens is 182 g/mol. The minimum Gasteiger partial charge on any atom is -0.314 e. The van der Waals surface area contributed by atoms with Crippen LogP contribution in [0.4, 0.5) is 0 Å². The Morgan fingerprint density at radius 2 is 1.60 bits per heavy atom. The molecule has 1 heteroatoms. The van der Waals surface area contributed by atoms with Crippen molar-refractivity contribution in [3.05, 3.63) is 0 Å². The van der Waals surface area contributed by atoms with E-state index in [4.69, 9.17) is 0 Å². The molecule has 92 valence electrons. The molecule has 0 aliphatic rings. The molecule has 0 amide bonds. The van der Waals surface area contributed by atoms with E-state index in [1.807, 2.05) is 0 Å². The summed E-state index contributed by atoms with van der Waals surface area (Å²) in [5.41, 5.74) is 0. The summed E-state index contributed by atoms with van der Waals surface area (Å²) in [6.07, 6.45) is 9.56. The standard InChI is InChI=1S/C14H31N/c1-5-9-10-11-14(15-8-4)12-13(6-2)7-3/h13-15H,5-12H2,1-4H3. The molecule has 0 rings (SSSR count). The van der Waals surface area contributed by atoms with E-state index in [0.29, 0.717) is 0 Å². The van der Waals surface area contributed by atoms with Crippen LogP contribution in [-0.4, -0.2) is 12.6 Å². The maximum atomic E-state index is 3.64. The number of nitrogens with one attached hydrogen (secondary N) is 1. The molecule has 1 N–H and O–H groups in total. The Bertz CT molecular complexity index is 119. The van der Waals surface area contributed by atoms with Gasteiger partial charge in [-0.05, 0) is 25.3 Å². The first-order valence-electron chi connectivity index (χ1n) is 7.01. The number of hydrogen-bond donors (Lipinski definition) is 1. The van der Waals surface area contributed by atoms with E-state index in [0.717, 1.165) is 18.5 Å². The molecule has 0 fully saturated rings. The summed E-state index contributed by atoms with van der Waals surface area (Å²) >= 11 is 0. The number of rotatable bonds is 10. The second-order valence-corrected chi connectivity index (χ2v) is 4.67. The third-order valence-electron chi connectivity index (χ3n) is 3.42. The molecule has 0 aromatic heterocycles. The maximum absolute atomic E-state index is 3.64. The smallest absolute Gasteiger partial charge is 0.00695 e. The second kappa shape index (κ2) is 10.5. The van der Waals surface area contributed by atoms with Gasteiger partial charge in [-0.15, -0.1) is 0 Å². The summed E-state index contributed by atoms with van der Waals surface area (Å²) in [6.45, 7) is 10.3. The van der Waals surface area contributed by atoms with Crippen molar-refractivity contribution < 1.29 is 0 Å². The summed E-state index contributed by atoms with van der Waals surface area (Å²) in [4.78, 5) is 0. The van der Waals surface area contributed by atoms with Crippen LogP contribution in [-0.2, 0) is 0 Å². The van der Waals surface area contributed by atoms with Crippen molar-refractivity contribution in [1.82, 2.24) is 5.32 Å². The topological polar surface area (TPSA) is 12.0 Å². The van der Waals surface area contributed by atoms with Gasteiger partial charge < -0.3 is 5.32 Å². The molecule has 1 nitrogen and oxygen atoms in total. The van der Waals surface area contributed by atoms with E-state index in [-0.39, 0.29) is 0 Å². The number of unbranched alkanes of at least 4 members (excludes halogenated alkanes) is 2. The highest BCUT2D eigenvalue weighted by Gasteiger charge is 2.12. The highest BCUT2D eigenvalue weighted by molar-refractivity contribution is 4.70. The van der Waals surface area contributed by atoms with Crippen molar-refractivity contribution >= 4 is 0 Å². The van der Waals surface area contributed by atoms with Crippen LogP contribution >= 0.6 is 0 Å². The van der Waals surface area contributed by atoms with Crippen LogP contribution in [0.3, 0.4) is 0 Å². The molecule has 0 aliphatic heterocycles. The zero-order valence-electron chi connectivity index (χ0n) is 11.3. The fourth-order valence-electron chi connectivity index (χ4n) is 2.26. The van der Waals surface area contributed by atoms with Crippen LogP contribution in [0, 0.1) is 5.92 Å². The highest BCUT2D eigenvalue weighted by Crippen LogP contribution is 2.18. The van der Waals surface area contributed by atoms with Gasteiger partial charge in [0.05, 0.1) is 0 Å². The van der Waals surface area contributed by atoms with Gasteiger partial charge in [0.15, 0.2) is 0 Å². The minimum atomic E-state index is 0.770. The maximum Gasteiger partial charge on any atom is 0.00695 e. The van der Waals surface area contributed by atoms with Crippen LogP contribution in [0.15, 0.2) is 0 Å². The SMILES string of the molecule is CCCCCC(CC(CC)CC)NCC. The molecule has 15 heavy (non-hydrogen) atoms. The van der Waals surface area contributed by atoms with Gasteiger partial charge in [-0.25, -0.2) is 0 Å². The van der Waals surface area contributed by atoms with Gasteiger partial charge in [0.1, 0.15) is 0 Å². The van der Waals surface area contributed by atoms with Gasteiger partial charge in [0.2, 0.25) is 0 Å². The van der Waals surface area contributed by atoms with Gasteiger partial charge in [-0.1, -0.05) is 59.8 Å². The first kappa shape index (κ1) is 15.0. The monoisotopic (exact) mass is 213 g/mol. The molecule has 0 aromatic rings. The number of hydrogen-bond acceptors (Lipinski definition) is 1. The third-order valence-corrected chi connectivity index (χ3v) is 3.42. The summed E-state index contributed by atoms with van der Waals surface area (Å²) in [5.74, 6) is 0.927. The lowest BCUT2D eigenvalue weighted by atomic mass is 9.92. The lowest BCUT2D eigenvalue weighted by Crippen LogP contribution is -2.30. The van der Waals surface area contributed by atoms with Crippen molar-refractivity contribution in [2.75, 3.05) is 6.54 Å². The van der Waals surface area contributed by atoms with E-state index in [1.165, 1.54) is 44.9 Å². The normalized spacial score (nSPS) is 13.4. The van der Waals surface area contributed by atoms with Crippen LogP contribution in [0.25, 0.3) is 0 Å². The summed E-state index contributed by atoms with van der Waals surface area (Å²) in [7, 11) is 0. The lowest BCUT2D eigenvalue weighted by molar-refractivity contribution is 0.348. The Hall–Kier alpha value is -0.0400. The molecule has 0 heterocycles. The van der Waals surface area contributed by atoms with Crippen molar-refractivity contribution in [2.45, 2.75) is 78.7 Å². The van der Waals surface area contributed by atoms with E-state index in [2.05, 4.69) is 33.0 Å². The fourth-order valence-corrected chi connectivity index (χ4v) is 2.26. The Morgan fingerprint density at radius 1 is 0.933 bits per heavy atom. The Kier molecular flexibility index (Phi) is 10.4. The molecule has 1 atom stereocenters. The summed E-state index contributed by atoms with van der Waals surface area (Å²) in [6, 6.07) is 0.770. The van der Waals surface area contributed by atoms with E-state index < -0.39 is 0 Å². The Labute approximate surface area is 97.0 Å². The lowest BCUT2D eigenvalue weighted by Gasteiger charge is -2.22. The molecular formula is C14H31N. The fraction of sp³-hybridized carbons (Fsp3) is 1.00. The predicted octanol–water partition coefficient (Wildman–Crippen LogP) is 4.37. The van der Waals surface area contributed by atoms with Gasteiger partial charge in [-0.3, -0.25) is 0 Å². The zero-order valence-corrected chi connectivity index (χ0v) is 11.3. The van der Waals surface area contributed by atoms with E-state index in [1.54, 1.807) is 0 Å². The van der Waals surface area contributed by atoms with Gasteiger partial charge in [0, 0.05) is 6.04 Å². The molecule has 0 radical (unpaired) electrons. The largest absolute Gasteiger partial charge is 0.314 e. The van der Waals surface area contributed by atoms with Crippen LogP contribution < -0.4 is 5.32 Å². The van der Waals surface area contributed by atoms with Gasteiger partial charge >= 0.3 is 0 Å². The molecule has 0 bridgehead atoms. The van der Waals surface area contributed by atoms with Gasteiger partial charge in [-0.2, -0.15) is 0 Å². The summed E-state index contributed by atoms with van der Waals surface area (Å²) < 4.78 is 0. The van der Waals surface area contributed by atoms with Crippen LogP contribution in [0.5, 0.6) is 0 Å². The molecule has 0 spiro atoms. The molecule has 0 aliphatic carbocycles. The van der Waals surface area contributed by atoms with E-state index in [9.17, 15) is 0 Å². The highest BCUT2D eigenvalue weighted by atomic mass is 14.9. The van der Waals surface area contributed by atoms with E-state index >= 15 is 0 Å². The molecule has 0 saturated heterocycles. The second-order valence-electron chi connectivity index (χ2n) is 4.67. The van der Waals surface area contributed by atoms with Crippen LogP contribution in [0.1, 0.15) is 72.6 Å². The Balaban J connectivity index is 3.79. The Morgan fingerprint density at radius 3 is 2.07 bits per heavy atom. The third kappa shape index (κ3) is 7.84. The first-order chi connectivity index (χ1) is 7.28. The quantitative estimate of drug-likeness (QED) is 0.531. The molecule has 1 unspecified atom stereocenters. The first-order valence-corrected chi connectivity index (χ1v) is 7.01. The van der Waals surface area contributed by atoms with Crippen LogP contribution in [0.2, 0.25) is 0 Å². The van der Waals surface area contributed by atoms with Crippen molar-refractivity contribution in [3.8, 4) is 0 Å². The van der Waals surface area contributed by atoms with Crippen molar-refractivity contribution in [3.63, 3.8) is 0 Å². The summed E-state index contributed by atoms with van der Waals surface area (Å²) in [5, 5.41) is 3.64. The minimum absolute atomic E-state index is 0.770. The average Bonchev–Trinajstić information content (AvgIpc) is 2.26. The molecule has 0 saturated carbocycles. The molecule has 0 aromatic carbocycles.